The molecule has 3 saturated heterocycles. The highest BCUT2D eigenvalue weighted by molar-refractivity contribution is 6.34. The summed E-state index contributed by atoms with van der Waals surface area (Å²) >= 11 is 6.59. The van der Waals surface area contributed by atoms with Crippen molar-refractivity contribution in [1.82, 2.24) is 44.3 Å². The van der Waals surface area contributed by atoms with Crippen molar-refractivity contribution in [2.24, 2.45) is 24.8 Å². The first-order chi connectivity index (χ1) is 27.6. The lowest BCUT2D eigenvalue weighted by molar-refractivity contribution is -0.146. The van der Waals surface area contributed by atoms with Gasteiger partial charge in [-0.3, -0.25) is 24.1 Å². The normalized spacial score (nSPS) is 18.8. The number of carbonyl (C=O) groups is 4. The Balaban J connectivity index is 0.994. The molecule has 7 rings (SSSR count). The summed E-state index contributed by atoms with van der Waals surface area (Å²) in [7, 11) is 1.40. The molecule has 3 aliphatic heterocycles. The van der Waals surface area contributed by atoms with Gasteiger partial charge in [0.2, 0.25) is 5.91 Å². The van der Waals surface area contributed by atoms with E-state index in [2.05, 4.69) is 25.7 Å². The highest BCUT2D eigenvalue weighted by atomic mass is 35.5. The number of hydrogen-bond donors (Lipinski definition) is 4. The number of benzene rings is 1. The van der Waals surface area contributed by atoms with Gasteiger partial charge in [-0.25, -0.2) is 14.6 Å². The van der Waals surface area contributed by atoms with Crippen molar-refractivity contribution in [1.29, 1.82) is 0 Å². The second-order valence-electron chi connectivity index (χ2n) is 15.0. The molecule has 3 fully saturated rings. The van der Waals surface area contributed by atoms with E-state index in [9.17, 15) is 37.5 Å². The Morgan fingerprint density at radius 3 is 2.38 bits per heavy atom. The van der Waals surface area contributed by atoms with Gasteiger partial charge in [0.15, 0.2) is 17.3 Å². The summed E-state index contributed by atoms with van der Waals surface area (Å²) in [5, 5.41) is 18.9. The number of piperazine rings is 1. The van der Waals surface area contributed by atoms with Crippen molar-refractivity contribution in [3.05, 3.63) is 71.0 Å². The van der Waals surface area contributed by atoms with E-state index in [1.807, 2.05) is 16.7 Å². The van der Waals surface area contributed by atoms with Gasteiger partial charge in [-0.15, -0.1) is 0 Å². The predicted molar refractivity (Wildman–Crippen MR) is 206 cm³/mol. The molecule has 0 spiro atoms. The Morgan fingerprint density at radius 1 is 1.03 bits per heavy atom. The lowest BCUT2D eigenvalue weighted by Crippen LogP contribution is -2.60. The standard InChI is InChI=1S/C38H43ClF3N11O5/c1-21-18-51(11-12-52(21)37(58)32(23-14-44-15-23)22-7-9-50(10-8-22)20-31(54)55)36(57)26-5-4-25(13-28(26)39)47-35(56)34-46-17-29(49(34)2)27-19-53(48-33(27)38(40,41)42)30-6-3-24(43)16-45-30/h3-6,13,16-17,19,21-23,32,44H,7-12,14-15,18,20,43H2,1-2H3,(H,47,56)(H,54,55)/t21-,32?/m0/s1. The zero-order valence-electron chi connectivity index (χ0n) is 31.7. The molecule has 16 nitrogen and oxygen atoms in total. The van der Waals surface area contributed by atoms with E-state index in [1.165, 1.54) is 48.1 Å². The number of carbonyl (C=O) groups excluding carboxylic acids is 3. The van der Waals surface area contributed by atoms with Gasteiger partial charge in [-0.2, -0.15) is 18.3 Å². The second kappa shape index (κ2) is 16.4. The molecule has 3 aromatic heterocycles. The van der Waals surface area contributed by atoms with E-state index < -0.39 is 23.7 Å². The van der Waals surface area contributed by atoms with E-state index in [-0.39, 0.29) is 81.3 Å². The first-order valence-corrected chi connectivity index (χ1v) is 19.2. The third-order valence-electron chi connectivity index (χ3n) is 11.2. The summed E-state index contributed by atoms with van der Waals surface area (Å²) in [6.07, 6.45) is 0.259. The van der Waals surface area contributed by atoms with Gasteiger partial charge in [0.05, 0.1) is 46.5 Å². The fraction of sp³-hybridized carbons (Fsp3) is 0.447. The molecule has 4 aromatic rings. The first kappa shape index (κ1) is 40.7. The number of carboxylic acid groups (broad SMARTS) is 1. The topological polar surface area (TPSA) is 197 Å². The van der Waals surface area contributed by atoms with Crippen LogP contribution in [0.1, 0.15) is 46.4 Å². The second-order valence-corrected chi connectivity index (χ2v) is 15.4. The number of alkyl halides is 3. The molecule has 2 atom stereocenters. The monoisotopic (exact) mass is 825 g/mol. The molecular formula is C38H43ClF3N11O5. The first-order valence-electron chi connectivity index (χ1n) is 18.9. The van der Waals surface area contributed by atoms with Crippen molar-refractivity contribution in [2.45, 2.75) is 32.0 Å². The lowest BCUT2D eigenvalue weighted by Gasteiger charge is -2.46. The van der Waals surface area contributed by atoms with E-state index in [0.717, 1.165) is 43.0 Å². The minimum absolute atomic E-state index is 0.00538. The van der Waals surface area contributed by atoms with Gasteiger partial charge >= 0.3 is 12.1 Å². The number of pyridine rings is 1. The summed E-state index contributed by atoms with van der Waals surface area (Å²) < 4.78 is 44.5. The van der Waals surface area contributed by atoms with Crippen LogP contribution in [0.2, 0.25) is 5.02 Å². The summed E-state index contributed by atoms with van der Waals surface area (Å²) in [6.45, 7) is 5.63. The van der Waals surface area contributed by atoms with E-state index in [1.54, 1.807) is 4.90 Å². The zero-order chi connectivity index (χ0) is 41.5. The Labute approximate surface area is 336 Å². The fourth-order valence-corrected chi connectivity index (χ4v) is 8.35. The molecule has 6 heterocycles. The van der Waals surface area contributed by atoms with Gasteiger partial charge in [-0.1, -0.05) is 11.6 Å². The van der Waals surface area contributed by atoms with Crippen molar-refractivity contribution in [3.63, 3.8) is 0 Å². The molecule has 0 aliphatic carbocycles. The van der Waals surface area contributed by atoms with Gasteiger partial charge in [-0.05, 0) is 88.1 Å². The average Bonchev–Trinajstić information content (AvgIpc) is 3.77. The zero-order valence-corrected chi connectivity index (χ0v) is 32.5. The molecule has 1 unspecified atom stereocenters. The number of aromatic nitrogens is 5. The van der Waals surface area contributed by atoms with Gasteiger partial charge in [0.25, 0.3) is 11.8 Å². The minimum Gasteiger partial charge on any atom is -0.480 e. The van der Waals surface area contributed by atoms with Crippen molar-refractivity contribution in [2.75, 3.05) is 63.4 Å². The maximum Gasteiger partial charge on any atom is 0.435 e. The van der Waals surface area contributed by atoms with Crippen LogP contribution in [0.3, 0.4) is 0 Å². The van der Waals surface area contributed by atoms with Crippen LogP contribution in [0.4, 0.5) is 24.5 Å². The van der Waals surface area contributed by atoms with Gasteiger partial charge < -0.3 is 35.8 Å². The maximum atomic E-state index is 14.1. The molecule has 308 valence electrons. The summed E-state index contributed by atoms with van der Waals surface area (Å²) in [5.41, 5.74) is 4.87. The molecule has 3 amide bonds. The van der Waals surface area contributed by atoms with E-state index in [0.29, 0.717) is 38.4 Å². The number of aliphatic carboxylic acids is 1. The summed E-state index contributed by atoms with van der Waals surface area (Å²) in [5.74, 6) is -1.77. The van der Waals surface area contributed by atoms with Crippen LogP contribution in [0.5, 0.6) is 0 Å². The number of rotatable bonds is 10. The molecule has 3 aliphatic rings. The summed E-state index contributed by atoms with van der Waals surface area (Å²) in [6, 6.07) is 7.03. The van der Waals surface area contributed by atoms with Gasteiger partial charge in [0, 0.05) is 50.5 Å². The number of nitrogen functional groups attached to an aromatic ring is 1. The number of halogens is 4. The predicted octanol–water partition coefficient (Wildman–Crippen LogP) is 3.48. The fourth-order valence-electron chi connectivity index (χ4n) is 8.09. The van der Waals surface area contributed by atoms with Crippen LogP contribution < -0.4 is 16.4 Å². The Hall–Kier alpha value is -5.53. The SMILES string of the molecule is C[C@H]1CN(C(=O)c2ccc(NC(=O)c3ncc(-c4cn(-c5ccc(N)cn5)nc4C(F)(F)F)n3C)cc2Cl)CCN1C(=O)C(C1CCN(CC(=O)O)CC1)C1CNC1. The van der Waals surface area contributed by atoms with Crippen LogP contribution in [0.25, 0.3) is 17.1 Å². The molecule has 0 radical (unpaired) electrons. The number of carboxylic acids is 1. The van der Waals surface area contributed by atoms with Crippen LogP contribution in [-0.4, -0.2) is 126 Å². The van der Waals surface area contributed by atoms with Crippen molar-refractivity contribution < 1.29 is 37.5 Å². The number of nitrogens with two attached hydrogens (primary N) is 1. The lowest BCUT2D eigenvalue weighted by atomic mass is 9.73. The number of piperidine rings is 1. The van der Waals surface area contributed by atoms with Crippen LogP contribution in [0, 0.1) is 17.8 Å². The largest absolute Gasteiger partial charge is 0.480 e. The Bertz CT molecular complexity index is 2200. The number of anilines is 2. The molecule has 0 saturated carbocycles. The molecule has 58 heavy (non-hydrogen) atoms. The van der Waals surface area contributed by atoms with E-state index >= 15 is 0 Å². The number of hydrogen-bond acceptors (Lipinski definition) is 10. The molecule has 5 N–H and O–H groups in total. The summed E-state index contributed by atoms with van der Waals surface area (Å²) in [4.78, 5) is 66.0. The molecule has 0 bridgehead atoms. The number of amides is 3. The van der Waals surface area contributed by atoms with Crippen LogP contribution >= 0.6 is 11.6 Å². The van der Waals surface area contributed by atoms with Crippen molar-refractivity contribution in [3.8, 4) is 17.1 Å². The third-order valence-corrected chi connectivity index (χ3v) is 11.5. The van der Waals surface area contributed by atoms with E-state index in [4.69, 9.17) is 17.3 Å². The number of imidazole rings is 1. The highest BCUT2D eigenvalue weighted by Gasteiger charge is 2.44. The highest BCUT2D eigenvalue weighted by Crippen LogP contribution is 2.38. The number of nitrogens with one attached hydrogen (secondary N) is 2. The number of nitrogens with zero attached hydrogens (tertiary/aromatic N) is 8. The Morgan fingerprint density at radius 2 is 1.78 bits per heavy atom. The average molecular weight is 826 g/mol. The molecule has 1 aromatic carbocycles. The van der Waals surface area contributed by atoms with Crippen LogP contribution in [0.15, 0.2) is 48.9 Å². The Kier molecular flexibility index (Phi) is 11.5. The maximum absolute atomic E-state index is 14.1. The van der Waals surface area contributed by atoms with Crippen LogP contribution in [-0.2, 0) is 22.8 Å². The quantitative estimate of drug-likeness (QED) is 0.183. The van der Waals surface area contributed by atoms with Gasteiger partial charge in [0.1, 0.15) is 0 Å². The van der Waals surface area contributed by atoms with Crippen molar-refractivity contribution >= 4 is 46.7 Å². The minimum atomic E-state index is -4.83. The molecule has 20 heteroatoms. The number of likely N-dealkylation sites (tertiary alicyclic amines) is 1. The smallest absolute Gasteiger partial charge is 0.435 e. The third kappa shape index (κ3) is 8.37. The molecular weight excluding hydrogens is 783 g/mol.